The molecule has 0 unspecified atom stereocenters. The molecule has 0 atom stereocenters. The topological polar surface area (TPSA) is 34.4 Å². The van der Waals surface area contributed by atoms with Crippen LogP contribution in [0.3, 0.4) is 0 Å². The molecule has 3 aliphatic heterocycles. The van der Waals surface area contributed by atoms with E-state index in [-0.39, 0.29) is 0 Å². The summed E-state index contributed by atoms with van der Waals surface area (Å²) < 4.78 is 0. The lowest BCUT2D eigenvalue weighted by Crippen LogP contribution is -2.48. The fraction of sp³-hybridized carbons (Fsp3) is 0.316. The first-order valence-corrected chi connectivity index (χ1v) is 8.41. The number of anilines is 1. The Morgan fingerprint density at radius 1 is 1.00 bits per heavy atom. The maximum atomic E-state index is 4.56. The average Bonchev–Trinajstić information content (AvgIpc) is 2.87. The van der Waals surface area contributed by atoms with Crippen LogP contribution in [-0.4, -0.2) is 48.0 Å². The van der Waals surface area contributed by atoms with Crippen molar-refractivity contribution in [3.8, 4) is 0 Å². The van der Waals surface area contributed by atoms with Gasteiger partial charge < -0.3 is 9.80 Å². The van der Waals surface area contributed by atoms with Crippen molar-refractivity contribution in [2.75, 3.05) is 31.1 Å². The number of hydrogen-bond donors (Lipinski definition) is 0. The highest BCUT2D eigenvalue weighted by molar-refractivity contribution is 5.94. The molecule has 0 aromatic heterocycles. The molecule has 0 N–H and O–H groups in total. The fourth-order valence-electron chi connectivity index (χ4n) is 3.20. The van der Waals surface area contributed by atoms with Gasteiger partial charge >= 0.3 is 0 Å². The van der Waals surface area contributed by atoms with E-state index in [0.29, 0.717) is 0 Å². The molecule has 3 aliphatic rings. The summed E-state index contributed by atoms with van der Waals surface area (Å²) in [7, 11) is 0. The highest BCUT2D eigenvalue weighted by Crippen LogP contribution is 2.26. The van der Waals surface area contributed by atoms with Crippen LogP contribution in [-0.2, 0) is 0 Å². The van der Waals surface area contributed by atoms with Crippen LogP contribution in [0.1, 0.15) is 13.3 Å². The van der Waals surface area contributed by atoms with Crippen LogP contribution in [0.4, 0.5) is 5.69 Å². The number of benzene rings is 1. The van der Waals surface area contributed by atoms with Crippen molar-refractivity contribution >= 4 is 17.6 Å². The maximum absolute atomic E-state index is 4.56. The highest BCUT2D eigenvalue weighted by Gasteiger charge is 2.27. The SMILES string of the molecule is CC1=NC2=C=CCC=NN2C(N2CCN(c3ccccc3)CC2)=C1. The minimum Gasteiger partial charge on any atom is -0.368 e. The van der Waals surface area contributed by atoms with Crippen LogP contribution in [0.5, 0.6) is 0 Å². The second kappa shape index (κ2) is 6.38. The van der Waals surface area contributed by atoms with E-state index in [2.05, 4.69) is 62.0 Å². The lowest BCUT2D eigenvalue weighted by atomic mass is 10.2. The molecule has 0 saturated carbocycles. The second-order valence-electron chi connectivity index (χ2n) is 6.08. The molecule has 0 amide bonds. The molecule has 1 aromatic carbocycles. The van der Waals surface area contributed by atoms with Gasteiger partial charge in [0.15, 0.2) is 5.82 Å². The van der Waals surface area contributed by atoms with Crippen molar-refractivity contribution in [2.24, 2.45) is 10.1 Å². The zero-order chi connectivity index (χ0) is 16.4. The van der Waals surface area contributed by atoms with Crippen LogP contribution in [0.2, 0.25) is 0 Å². The van der Waals surface area contributed by atoms with Gasteiger partial charge in [-0.15, -0.1) is 0 Å². The van der Waals surface area contributed by atoms with Crippen LogP contribution >= 0.6 is 0 Å². The van der Waals surface area contributed by atoms with E-state index in [0.717, 1.165) is 50.0 Å². The van der Waals surface area contributed by atoms with Crippen LogP contribution in [0.25, 0.3) is 0 Å². The number of hydrazone groups is 1. The Balaban J connectivity index is 1.53. The summed E-state index contributed by atoms with van der Waals surface area (Å²) in [6.07, 6.45) is 6.80. The van der Waals surface area contributed by atoms with Crippen molar-refractivity contribution in [1.29, 1.82) is 0 Å². The van der Waals surface area contributed by atoms with Gasteiger partial charge in [-0.2, -0.15) is 10.1 Å². The molecule has 122 valence electrons. The van der Waals surface area contributed by atoms with Gasteiger partial charge in [0.25, 0.3) is 0 Å². The molecule has 0 spiro atoms. The average molecular weight is 319 g/mol. The molecular weight excluding hydrogens is 298 g/mol. The number of aliphatic imine (C=N–C) groups is 1. The number of piperazine rings is 1. The van der Waals surface area contributed by atoms with E-state index in [1.807, 2.05) is 24.2 Å². The summed E-state index contributed by atoms with van der Waals surface area (Å²) in [6.45, 7) is 5.98. The van der Waals surface area contributed by atoms with E-state index in [1.54, 1.807) is 0 Å². The zero-order valence-electron chi connectivity index (χ0n) is 13.9. The predicted octanol–water partition coefficient (Wildman–Crippen LogP) is 2.81. The van der Waals surface area contributed by atoms with Crippen molar-refractivity contribution in [3.63, 3.8) is 0 Å². The molecule has 5 heteroatoms. The highest BCUT2D eigenvalue weighted by atomic mass is 15.6. The monoisotopic (exact) mass is 319 g/mol. The lowest BCUT2D eigenvalue weighted by Gasteiger charge is -2.41. The third-order valence-corrected chi connectivity index (χ3v) is 4.41. The summed E-state index contributed by atoms with van der Waals surface area (Å²) >= 11 is 0. The number of rotatable bonds is 2. The van der Waals surface area contributed by atoms with Gasteiger partial charge in [-0.25, -0.2) is 4.99 Å². The fourth-order valence-corrected chi connectivity index (χ4v) is 3.20. The number of fused-ring (bicyclic) bond motifs is 1. The molecule has 5 nitrogen and oxygen atoms in total. The number of hydrogen-bond acceptors (Lipinski definition) is 5. The maximum Gasteiger partial charge on any atom is 0.199 e. The summed E-state index contributed by atoms with van der Waals surface area (Å²) in [5.41, 5.74) is 5.54. The molecule has 24 heavy (non-hydrogen) atoms. The number of allylic oxidation sites excluding steroid dienone is 2. The van der Waals surface area contributed by atoms with Gasteiger partial charge in [-0.05, 0) is 25.1 Å². The lowest BCUT2D eigenvalue weighted by molar-refractivity contribution is 0.231. The molecule has 3 heterocycles. The molecule has 4 rings (SSSR count). The first-order valence-electron chi connectivity index (χ1n) is 8.41. The molecule has 1 fully saturated rings. The Kier molecular flexibility index (Phi) is 3.93. The number of nitrogens with zero attached hydrogens (tertiary/aromatic N) is 5. The molecular formula is C19H21N5. The van der Waals surface area contributed by atoms with E-state index >= 15 is 0 Å². The van der Waals surface area contributed by atoms with Crippen LogP contribution in [0, 0.1) is 0 Å². The van der Waals surface area contributed by atoms with Gasteiger partial charge in [0.1, 0.15) is 5.82 Å². The van der Waals surface area contributed by atoms with E-state index in [4.69, 9.17) is 0 Å². The minimum atomic E-state index is 0.782. The van der Waals surface area contributed by atoms with Crippen molar-refractivity contribution < 1.29 is 0 Å². The summed E-state index contributed by atoms with van der Waals surface area (Å²) in [5, 5.41) is 6.47. The first-order chi connectivity index (χ1) is 11.8. The summed E-state index contributed by atoms with van der Waals surface area (Å²) in [5.74, 6) is 1.88. The van der Waals surface area contributed by atoms with Crippen LogP contribution in [0.15, 0.2) is 70.0 Å². The molecule has 0 aliphatic carbocycles. The largest absolute Gasteiger partial charge is 0.368 e. The minimum absolute atomic E-state index is 0.782. The standard InChI is InChI=1S/C19H21N5/c1-16-15-19(24-18(21-16)9-5-6-10-20-24)23-13-11-22(12-14-23)17-7-3-2-4-8-17/h2-5,7-8,10,15H,6,11-14H2,1H3. The first kappa shape index (κ1) is 14.8. The molecule has 0 radical (unpaired) electrons. The third-order valence-electron chi connectivity index (χ3n) is 4.41. The third kappa shape index (κ3) is 2.86. The van der Waals surface area contributed by atoms with E-state index in [1.165, 1.54) is 5.69 Å². The Morgan fingerprint density at radius 2 is 1.75 bits per heavy atom. The molecule has 1 saturated heterocycles. The molecule has 0 bridgehead atoms. The van der Waals surface area contributed by atoms with Crippen molar-refractivity contribution in [3.05, 3.63) is 59.9 Å². The van der Waals surface area contributed by atoms with Crippen LogP contribution < -0.4 is 4.90 Å². The predicted molar refractivity (Wildman–Crippen MR) is 98.0 cm³/mol. The van der Waals surface area contributed by atoms with E-state index in [9.17, 15) is 0 Å². The summed E-state index contributed by atoms with van der Waals surface area (Å²) in [6, 6.07) is 10.6. The van der Waals surface area contributed by atoms with E-state index < -0.39 is 0 Å². The Hall–Kier alpha value is -2.78. The van der Waals surface area contributed by atoms with Gasteiger partial charge in [0.2, 0.25) is 0 Å². The van der Waals surface area contributed by atoms with Gasteiger partial charge in [0, 0.05) is 56.3 Å². The van der Waals surface area contributed by atoms with Crippen molar-refractivity contribution in [2.45, 2.75) is 13.3 Å². The second-order valence-corrected chi connectivity index (χ2v) is 6.08. The zero-order valence-corrected chi connectivity index (χ0v) is 13.9. The molecule has 1 aromatic rings. The smallest absolute Gasteiger partial charge is 0.199 e. The Morgan fingerprint density at radius 3 is 2.54 bits per heavy atom. The Bertz CT molecular complexity index is 760. The van der Waals surface area contributed by atoms with Gasteiger partial charge in [-0.3, -0.25) is 0 Å². The number of para-hydroxylation sites is 1. The summed E-state index contributed by atoms with van der Waals surface area (Å²) in [4.78, 5) is 9.39. The van der Waals surface area contributed by atoms with Gasteiger partial charge in [0.05, 0.1) is 0 Å². The van der Waals surface area contributed by atoms with Gasteiger partial charge in [-0.1, -0.05) is 23.9 Å². The quantitative estimate of drug-likeness (QED) is 0.786. The van der Waals surface area contributed by atoms with Crippen molar-refractivity contribution in [1.82, 2.24) is 9.91 Å². The Labute approximate surface area is 142 Å². The normalized spacial score (nSPS) is 20.2.